The van der Waals surface area contributed by atoms with Crippen molar-refractivity contribution >= 4 is 26.8 Å². The van der Waals surface area contributed by atoms with Crippen LogP contribution in [0.2, 0.25) is 0 Å². The summed E-state index contributed by atoms with van der Waals surface area (Å²) in [5.41, 5.74) is 4.58. The first-order valence-electron chi connectivity index (χ1n) is 6.84. The molecule has 106 valence electrons. The second kappa shape index (κ2) is 5.86. The summed E-state index contributed by atoms with van der Waals surface area (Å²) in [7, 11) is 1.67. The number of aryl methyl sites for hydroxylation is 1. The highest BCUT2D eigenvalue weighted by Gasteiger charge is 2.08. The van der Waals surface area contributed by atoms with Crippen molar-refractivity contribution in [2.24, 2.45) is 0 Å². The van der Waals surface area contributed by atoms with Crippen LogP contribution in [-0.2, 0) is 6.42 Å². The van der Waals surface area contributed by atoms with E-state index in [1.807, 2.05) is 12.1 Å². The maximum Gasteiger partial charge on any atom is 0.217 e. The van der Waals surface area contributed by atoms with Crippen LogP contribution < -0.4 is 4.74 Å². The van der Waals surface area contributed by atoms with Crippen molar-refractivity contribution in [3.8, 4) is 5.88 Å². The molecule has 0 radical (unpaired) electrons. The second-order valence-electron chi connectivity index (χ2n) is 5.16. The minimum Gasteiger partial charge on any atom is -0.481 e. The average Bonchev–Trinajstić information content (AvgIpc) is 2.49. The molecular formula is C18H16BrNO. The Balaban J connectivity index is 2.05. The molecule has 0 spiro atoms. The van der Waals surface area contributed by atoms with Crippen LogP contribution in [0.15, 0.2) is 53.0 Å². The van der Waals surface area contributed by atoms with E-state index in [1.165, 1.54) is 11.1 Å². The van der Waals surface area contributed by atoms with Crippen LogP contribution in [0.25, 0.3) is 10.9 Å². The molecule has 0 aliphatic heterocycles. The molecule has 1 heterocycles. The Bertz CT molecular complexity index is 781. The number of fused-ring (bicyclic) bond motifs is 1. The number of benzene rings is 2. The average molecular weight is 342 g/mol. The van der Waals surface area contributed by atoms with Gasteiger partial charge < -0.3 is 4.74 Å². The molecule has 0 amide bonds. The Kier molecular flexibility index (Phi) is 3.93. The fourth-order valence-corrected chi connectivity index (χ4v) is 2.78. The number of aromatic nitrogens is 1. The van der Waals surface area contributed by atoms with Crippen molar-refractivity contribution in [1.82, 2.24) is 4.98 Å². The molecule has 3 aromatic rings. The molecule has 0 unspecified atom stereocenters. The number of rotatable bonds is 3. The van der Waals surface area contributed by atoms with E-state index in [2.05, 4.69) is 64.2 Å². The molecule has 2 nitrogen and oxygen atoms in total. The third-order valence-corrected chi connectivity index (χ3v) is 4.02. The Morgan fingerprint density at radius 2 is 1.81 bits per heavy atom. The zero-order chi connectivity index (χ0) is 14.8. The van der Waals surface area contributed by atoms with Gasteiger partial charge in [0.1, 0.15) is 0 Å². The molecule has 2 aromatic carbocycles. The van der Waals surface area contributed by atoms with E-state index in [0.29, 0.717) is 5.88 Å². The summed E-state index contributed by atoms with van der Waals surface area (Å²) in [6.07, 6.45) is 0.818. The summed E-state index contributed by atoms with van der Waals surface area (Å²) in [6.45, 7) is 2.10. The van der Waals surface area contributed by atoms with Crippen LogP contribution in [0.1, 0.15) is 16.7 Å². The van der Waals surface area contributed by atoms with Gasteiger partial charge in [-0.25, -0.2) is 4.98 Å². The lowest BCUT2D eigenvalue weighted by Gasteiger charge is -2.10. The van der Waals surface area contributed by atoms with Gasteiger partial charge in [0.05, 0.1) is 12.6 Å². The van der Waals surface area contributed by atoms with Crippen molar-refractivity contribution in [3.05, 3.63) is 69.7 Å². The fraction of sp³-hybridized carbons (Fsp3) is 0.167. The molecule has 0 aliphatic carbocycles. The first kappa shape index (κ1) is 14.1. The van der Waals surface area contributed by atoms with Crippen LogP contribution in [0.3, 0.4) is 0 Å². The SMILES string of the molecule is COc1nc2ccc(Br)cc2cc1Cc1ccc(C)cc1. The normalized spacial score (nSPS) is 10.8. The molecule has 0 saturated heterocycles. The third kappa shape index (κ3) is 3.08. The van der Waals surface area contributed by atoms with Crippen molar-refractivity contribution in [1.29, 1.82) is 0 Å². The monoisotopic (exact) mass is 341 g/mol. The molecule has 0 saturated carbocycles. The highest BCUT2D eigenvalue weighted by Crippen LogP contribution is 2.26. The van der Waals surface area contributed by atoms with Gasteiger partial charge in [0, 0.05) is 21.8 Å². The van der Waals surface area contributed by atoms with E-state index in [-0.39, 0.29) is 0 Å². The van der Waals surface area contributed by atoms with Gasteiger partial charge in [-0.1, -0.05) is 45.8 Å². The lowest BCUT2D eigenvalue weighted by atomic mass is 10.0. The molecule has 0 aliphatic rings. The molecule has 0 atom stereocenters. The van der Waals surface area contributed by atoms with E-state index in [9.17, 15) is 0 Å². The van der Waals surface area contributed by atoms with E-state index < -0.39 is 0 Å². The van der Waals surface area contributed by atoms with Gasteiger partial charge in [0.2, 0.25) is 5.88 Å². The summed E-state index contributed by atoms with van der Waals surface area (Å²) in [6, 6.07) is 16.8. The van der Waals surface area contributed by atoms with Crippen LogP contribution in [-0.4, -0.2) is 12.1 Å². The van der Waals surface area contributed by atoms with Crippen molar-refractivity contribution in [3.63, 3.8) is 0 Å². The van der Waals surface area contributed by atoms with Gasteiger partial charge in [-0.2, -0.15) is 0 Å². The second-order valence-corrected chi connectivity index (χ2v) is 6.07. The van der Waals surface area contributed by atoms with Crippen molar-refractivity contribution < 1.29 is 4.74 Å². The van der Waals surface area contributed by atoms with Crippen LogP contribution in [0, 0.1) is 6.92 Å². The van der Waals surface area contributed by atoms with Gasteiger partial charge in [0.15, 0.2) is 0 Å². The molecular weight excluding hydrogens is 326 g/mol. The Morgan fingerprint density at radius 3 is 2.52 bits per heavy atom. The van der Waals surface area contributed by atoms with Gasteiger partial charge in [-0.15, -0.1) is 0 Å². The summed E-state index contributed by atoms with van der Waals surface area (Å²) >= 11 is 3.51. The standard InChI is InChI=1S/C18H16BrNO/c1-12-3-5-13(6-4-12)9-15-10-14-11-16(19)7-8-17(14)20-18(15)21-2/h3-8,10-11H,9H2,1-2H3. The van der Waals surface area contributed by atoms with Crippen LogP contribution in [0.4, 0.5) is 0 Å². The third-order valence-electron chi connectivity index (χ3n) is 3.52. The lowest BCUT2D eigenvalue weighted by Crippen LogP contribution is -1.97. The number of methoxy groups -OCH3 is 1. The first-order chi connectivity index (χ1) is 10.2. The molecule has 3 heteroatoms. The number of pyridine rings is 1. The fourth-order valence-electron chi connectivity index (χ4n) is 2.40. The Labute approximate surface area is 132 Å². The predicted octanol–water partition coefficient (Wildman–Crippen LogP) is 4.91. The molecule has 1 aromatic heterocycles. The summed E-state index contributed by atoms with van der Waals surface area (Å²) in [5, 5.41) is 1.12. The van der Waals surface area contributed by atoms with Gasteiger partial charge >= 0.3 is 0 Å². The topological polar surface area (TPSA) is 22.1 Å². The number of hydrogen-bond donors (Lipinski definition) is 0. The number of halogens is 1. The summed E-state index contributed by atoms with van der Waals surface area (Å²) in [4.78, 5) is 4.61. The molecule has 0 N–H and O–H groups in total. The number of ether oxygens (including phenoxy) is 1. The first-order valence-corrected chi connectivity index (χ1v) is 7.64. The predicted molar refractivity (Wildman–Crippen MR) is 90.0 cm³/mol. The Morgan fingerprint density at radius 1 is 1.05 bits per heavy atom. The molecule has 21 heavy (non-hydrogen) atoms. The Hall–Kier alpha value is -1.87. The van der Waals surface area contributed by atoms with Crippen molar-refractivity contribution in [2.45, 2.75) is 13.3 Å². The molecule has 0 bridgehead atoms. The van der Waals surface area contributed by atoms with Gasteiger partial charge in [-0.05, 0) is 36.8 Å². The summed E-state index contributed by atoms with van der Waals surface area (Å²) < 4.78 is 6.52. The minimum absolute atomic E-state index is 0.699. The summed E-state index contributed by atoms with van der Waals surface area (Å²) in [5.74, 6) is 0.699. The highest BCUT2D eigenvalue weighted by molar-refractivity contribution is 9.10. The maximum absolute atomic E-state index is 5.46. The molecule has 0 fully saturated rings. The number of hydrogen-bond acceptors (Lipinski definition) is 2. The lowest BCUT2D eigenvalue weighted by molar-refractivity contribution is 0.395. The van der Waals surface area contributed by atoms with Gasteiger partial charge in [-0.3, -0.25) is 0 Å². The highest BCUT2D eigenvalue weighted by atomic mass is 79.9. The smallest absolute Gasteiger partial charge is 0.217 e. The van der Waals surface area contributed by atoms with Gasteiger partial charge in [0.25, 0.3) is 0 Å². The van der Waals surface area contributed by atoms with Crippen LogP contribution in [0.5, 0.6) is 5.88 Å². The largest absolute Gasteiger partial charge is 0.481 e. The number of nitrogens with zero attached hydrogens (tertiary/aromatic N) is 1. The van der Waals surface area contributed by atoms with E-state index in [4.69, 9.17) is 4.74 Å². The quantitative estimate of drug-likeness (QED) is 0.675. The zero-order valence-corrected chi connectivity index (χ0v) is 13.6. The maximum atomic E-state index is 5.46. The zero-order valence-electron chi connectivity index (χ0n) is 12.1. The van der Waals surface area contributed by atoms with Crippen molar-refractivity contribution in [2.75, 3.05) is 7.11 Å². The molecule has 3 rings (SSSR count). The van der Waals surface area contributed by atoms with E-state index in [0.717, 1.165) is 27.4 Å². The van der Waals surface area contributed by atoms with Crippen LogP contribution >= 0.6 is 15.9 Å². The van der Waals surface area contributed by atoms with E-state index in [1.54, 1.807) is 7.11 Å². The van der Waals surface area contributed by atoms with E-state index >= 15 is 0 Å². The minimum atomic E-state index is 0.699.